The molecule has 0 aliphatic rings. The lowest BCUT2D eigenvalue weighted by molar-refractivity contribution is -0.136. The summed E-state index contributed by atoms with van der Waals surface area (Å²) in [5.41, 5.74) is 1.29. The van der Waals surface area contributed by atoms with Crippen LogP contribution >= 0.6 is 46.4 Å². The molecule has 0 aliphatic carbocycles. The highest BCUT2D eigenvalue weighted by Gasteiger charge is 2.27. The van der Waals surface area contributed by atoms with Crippen molar-refractivity contribution in [1.29, 1.82) is 0 Å². The zero-order chi connectivity index (χ0) is 26.4. The molecule has 0 aromatic heterocycles. The topological polar surface area (TPSA) is 101 Å². The van der Waals surface area contributed by atoms with Crippen molar-refractivity contribution >= 4 is 69.8 Å². The molecule has 10 heteroatoms. The lowest BCUT2D eigenvalue weighted by Gasteiger charge is -2.17. The smallest absolute Gasteiger partial charge is 0.305 e. The largest absolute Gasteiger partial charge is 0.481 e. The molecular weight excluding hydrogens is 548 g/mol. The third kappa shape index (κ3) is 7.31. The van der Waals surface area contributed by atoms with E-state index < -0.39 is 17.8 Å². The Morgan fingerprint density at radius 1 is 0.750 bits per heavy atom. The van der Waals surface area contributed by atoms with E-state index in [9.17, 15) is 19.2 Å². The molecule has 2 N–H and O–H groups in total. The lowest BCUT2D eigenvalue weighted by atomic mass is 9.85. The quantitative estimate of drug-likeness (QED) is 0.264. The van der Waals surface area contributed by atoms with Gasteiger partial charge in [-0.3, -0.25) is 19.2 Å². The fraction of sp³-hybridized carbons (Fsp3) is 0.154. The van der Waals surface area contributed by atoms with Crippen molar-refractivity contribution in [2.75, 3.05) is 6.54 Å². The van der Waals surface area contributed by atoms with Gasteiger partial charge in [0, 0.05) is 39.7 Å². The second-order valence-electron chi connectivity index (χ2n) is 7.85. The van der Waals surface area contributed by atoms with Gasteiger partial charge in [0.15, 0.2) is 11.6 Å². The van der Waals surface area contributed by atoms with Crippen LogP contribution in [0.15, 0.2) is 60.7 Å². The summed E-state index contributed by atoms with van der Waals surface area (Å²) < 4.78 is 0. The van der Waals surface area contributed by atoms with E-state index in [4.69, 9.17) is 51.5 Å². The second kappa shape index (κ2) is 12.4. The van der Waals surface area contributed by atoms with Crippen LogP contribution in [0.5, 0.6) is 0 Å². The van der Waals surface area contributed by atoms with Gasteiger partial charge in [0.05, 0.1) is 22.4 Å². The minimum Gasteiger partial charge on any atom is -0.481 e. The number of hydrogen-bond acceptors (Lipinski definition) is 4. The molecule has 1 unspecified atom stereocenters. The molecule has 1 atom stereocenters. The fourth-order valence-corrected chi connectivity index (χ4v) is 4.31. The van der Waals surface area contributed by atoms with Gasteiger partial charge in [-0.25, -0.2) is 0 Å². The zero-order valence-electron chi connectivity index (χ0n) is 18.6. The van der Waals surface area contributed by atoms with Gasteiger partial charge in [-0.1, -0.05) is 58.5 Å². The van der Waals surface area contributed by atoms with Crippen molar-refractivity contribution in [3.63, 3.8) is 0 Å². The summed E-state index contributed by atoms with van der Waals surface area (Å²) in [5, 5.41) is 12.3. The molecule has 0 saturated heterocycles. The van der Waals surface area contributed by atoms with Crippen molar-refractivity contribution in [2.45, 2.75) is 18.8 Å². The standard InChI is InChI=1S/C26H19Cl4NO5/c27-18-9-17(10-19(28)12-18)25(35)20(13-23(32)16-5-6-21(29)22(30)11-16)14-1-3-15(4-2-14)26(36)31-8-7-24(33)34/h1-6,9-12,20H,7-8,13H2,(H,31,36)(H,33,34). The summed E-state index contributed by atoms with van der Waals surface area (Å²) in [6.07, 6.45) is -0.398. The number of aliphatic carboxylic acids is 1. The Kier molecular flexibility index (Phi) is 9.51. The summed E-state index contributed by atoms with van der Waals surface area (Å²) in [4.78, 5) is 49.5. The van der Waals surface area contributed by atoms with Gasteiger partial charge < -0.3 is 10.4 Å². The molecule has 0 fully saturated rings. The van der Waals surface area contributed by atoms with Crippen LogP contribution < -0.4 is 5.32 Å². The molecular formula is C26H19Cl4NO5. The van der Waals surface area contributed by atoms with Crippen LogP contribution in [-0.4, -0.2) is 35.1 Å². The number of carbonyl (C=O) groups is 4. The van der Waals surface area contributed by atoms with Crippen molar-refractivity contribution < 1.29 is 24.3 Å². The monoisotopic (exact) mass is 565 g/mol. The number of nitrogens with one attached hydrogen (secondary N) is 1. The van der Waals surface area contributed by atoms with Crippen molar-refractivity contribution in [1.82, 2.24) is 5.32 Å². The SMILES string of the molecule is O=C(O)CCNC(=O)c1ccc(C(CC(=O)c2ccc(Cl)c(Cl)c2)C(=O)c2cc(Cl)cc(Cl)c2)cc1. The van der Waals surface area contributed by atoms with Gasteiger partial charge in [-0.15, -0.1) is 0 Å². The Hall–Kier alpha value is -2.90. The highest BCUT2D eigenvalue weighted by atomic mass is 35.5. The Morgan fingerprint density at radius 2 is 1.36 bits per heavy atom. The maximum absolute atomic E-state index is 13.5. The number of carboxylic acid groups (broad SMARTS) is 1. The number of Topliss-reactive ketones (excluding diaryl/α,β-unsaturated/α-hetero) is 2. The number of carboxylic acids is 1. The number of amides is 1. The molecule has 186 valence electrons. The van der Waals surface area contributed by atoms with E-state index >= 15 is 0 Å². The summed E-state index contributed by atoms with van der Waals surface area (Å²) in [6, 6.07) is 15.0. The van der Waals surface area contributed by atoms with E-state index in [2.05, 4.69) is 5.32 Å². The van der Waals surface area contributed by atoms with Crippen LogP contribution in [0, 0.1) is 0 Å². The zero-order valence-corrected chi connectivity index (χ0v) is 21.6. The molecule has 0 saturated carbocycles. The molecule has 0 spiro atoms. The molecule has 0 aliphatic heterocycles. The average molecular weight is 567 g/mol. The van der Waals surface area contributed by atoms with Gasteiger partial charge in [0.2, 0.25) is 0 Å². The van der Waals surface area contributed by atoms with Crippen molar-refractivity contribution in [2.24, 2.45) is 0 Å². The van der Waals surface area contributed by atoms with Gasteiger partial charge in [-0.05, 0) is 54.1 Å². The molecule has 3 aromatic rings. The van der Waals surface area contributed by atoms with Crippen LogP contribution in [0.3, 0.4) is 0 Å². The molecule has 3 rings (SSSR count). The first-order valence-electron chi connectivity index (χ1n) is 10.6. The first-order chi connectivity index (χ1) is 17.0. The summed E-state index contributed by atoms with van der Waals surface area (Å²) in [5.74, 6) is -3.12. The van der Waals surface area contributed by atoms with Crippen LogP contribution in [0.25, 0.3) is 0 Å². The minimum atomic E-state index is -1.03. The Labute approximate surface area is 227 Å². The van der Waals surface area contributed by atoms with E-state index in [1.54, 1.807) is 12.1 Å². The van der Waals surface area contributed by atoms with Crippen LogP contribution in [-0.2, 0) is 4.79 Å². The third-order valence-electron chi connectivity index (χ3n) is 5.29. The minimum absolute atomic E-state index is 0.0231. The van der Waals surface area contributed by atoms with E-state index in [-0.39, 0.29) is 57.1 Å². The predicted octanol–water partition coefficient (Wildman–Crippen LogP) is 6.74. The van der Waals surface area contributed by atoms with Crippen molar-refractivity contribution in [3.05, 3.63) is 103 Å². The van der Waals surface area contributed by atoms with Crippen molar-refractivity contribution in [3.8, 4) is 0 Å². The van der Waals surface area contributed by atoms with Gasteiger partial charge in [0.25, 0.3) is 5.91 Å². The van der Waals surface area contributed by atoms with Crippen LogP contribution in [0.4, 0.5) is 0 Å². The highest BCUT2D eigenvalue weighted by molar-refractivity contribution is 6.42. The number of carbonyl (C=O) groups excluding carboxylic acids is 3. The molecule has 0 bridgehead atoms. The number of hydrogen-bond donors (Lipinski definition) is 2. The van der Waals surface area contributed by atoms with Gasteiger partial charge in [0.1, 0.15) is 0 Å². The number of halogens is 4. The normalized spacial score (nSPS) is 11.6. The number of rotatable bonds is 10. The highest BCUT2D eigenvalue weighted by Crippen LogP contribution is 2.30. The predicted molar refractivity (Wildman–Crippen MR) is 140 cm³/mol. The molecule has 0 heterocycles. The fourth-order valence-electron chi connectivity index (χ4n) is 3.48. The number of benzene rings is 3. The van der Waals surface area contributed by atoms with Gasteiger partial charge in [-0.2, -0.15) is 0 Å². The molecule has 1 amide bonds. The lowest BCUT2D eigenvalue weighted by Crippen LogP contribution is -2.26. The Bertz CT molecular complexity index is 1300. The second-order valence-corrected chi connectivity index (χ2v) is 9.54. The Morgan fingerprint density at radius 3 is 1.94 bits per heavy atom. The van der Waals surface area contributed by atoms with Crippen LogP contribution in [0.2, 0.25) is 20.1 Å². The maximum Gasteiger partial charge on any atom is 0.305 e. The summed E-state index contributed by atoms with van der Waals surface area (Å²) in [6.45, 7) is -0.0231. The summed E-state index contributed by atoms with van der Waals surface area (Å²) >= 11 is 24.2. The number of ketones is 2. The Balaban J connectivity index is 1.91. The van der Waals surface area contributed by atoms with E-state index in [1.165, 1.54) is 48.5 Å². The van der Waals surface area contributed by atoms with Gasteiger partial charge >= 0.3 is 5.97 Å². The maximum atomic E-state index is 13.5. The van der Waals surface area contributed by atoms with E-state index in [0.717, 1.165) is 0 Å². The molecule has 36 heavy (non-hydrogen) atoms. The molecule has 6 nitrogen and oxygen atoms in total. The average Bonchev–Trinajstić information content (AvgIpc) is 2.83. The van der Waals surface area contributed by atoms with Crippen LogP contribution in [0.1, 0.15) is 55.4 Å². The third-order valence-corrected chi connectivity index (χ3v) is 6.47. The first-order valence-corrected chi connectivity index (χ1v) is 12.1. The first kappa shape index (κ1) is 27.7. The summed E-state index contributed by atoms with van der Waals surface area (Å²) in [7, 11) is 0. The molecule has 3 aromatic carbocycles. The van der Waals surface area contributed by atoms with E-state index in [0.29, 0.717) is 16.1 Å². The van der Waals surface area contributed by atoms with E-state index in [1.807, 2.05) is 0 Å². The molecule has 0 radical (unpaired) electrons.